The van der Waals surface area contributed by atoms with E-state index in [0.717, 1.165) is 50.9 Å². The molecule has 0 bridgehead atoms. The maximum absolute atomic E-state index is 12.4. The highest BCUT2D eigenvalue weighted by atomic mass is 16.5. The molecule has 0 spiro atoms. The topological polar surface area (TPSA) is 57.7 Å². The van der Waals surface area contributed by atoms with Gasteiger partial charge in [-0.25, -0.2) is 4.98 Å². The van der Waals surface area contributed by atoms with Crippen LogP contribution in [-0.4, -0.2) is 56.3 Å². The second kappa shape index (κ2) is 7.11. The number of hydrogen-bond donors (Lipinski definition) is 1. The first-order chi connectivity index (χ1) is 12.3. The van der Waals surface area contributed by atoms with Crippen molar-refractivity contribution in [3.8, 4) is 0 Å². The summed E-state index contributed by atoms with van der Waals surface area (Å²) >= 11 is 0. The van der Waals surface area contributed by atoms with Crippen LogP contribution in [0.2, 0.25) is 0 Å². The number of carbonyl (C=O) groups is 1. The smallest absolute Gasteiger partial charge is 0.251 e. The molecule has 0 aliphatic carbocycles. The first kappa shape index (κ1) is 15.9. The minimum atomic E-state index is -0.0146. The van der Waals surface area contributed by atoms with Crippen molar-refractivity contribution in [1.82, 2.24) is 10.3 Å². The van der Waals surface area contributed by atoms with Crippen molar-refractivity contribution in [1.29, 1.82) is 0 Å². The minimum Gasteiger partial charge on any atom is -0.378 e. The fourth-order valence-electron chi connectivity index (χ4n) is 3.21. The SMILES string of the molecule is O=C(NC1CN(c2ccccn2)C1)c1ccc(N2CCOCC2)cc1. The number of aromatic nitrogens is 1. The Morgan fingerprint density at radius 2 is 1.80 bits per heavy atom. The van der Waals surface area contributed by atoms with Gasteiger partial charge in [-0.05, 0) is 36.4 Å². The molecular formula is C19H22N4O2. The summed E-state index contributed by atoms with van der Waals surface area (Å²) in [5, 5.41) is 3.09. The summed E-state index contributed by atoms with van der Waals surface area (Å²) in [7, 11) is 0. The molecule has 1 amide bonds. The van der Waals surface area contributed by atoms with Crippen molar-refractivity contribution in [2.45, 2.75) is 6.04 Å². The fraction of sp³-hybridized carbons (Fsp3) is 0.368. The van der Waals surface area contributed by atoms with Gasteiger partial charge in [0.25, 0.3) is 5.91 Å². The van der Waals surface area contributed by atoms with Crippen molar-refractivity contribution in [3.05, 3.63) is 54.2 Å². The van der Waals surface area contributed by atoms with Gasteiger partial charge >= 0.3 is 0 Å². The Labute approximate surface area is 147 Å². The van der Waals surface area contributed by atoms with Crippen LogP contribution in [0, 0.1) is 0 Å². The maximum atomic E-state index is 12.4. The number of ether oxygens (including phenoxy) is 1. The Bertz CT molecular complexity index is 708. The number of hydrogen-bond acceptors (Lipinski definition) is 5. The maximum Gasteiger partial charge on any atom is 0.251 e. The number of nitrogens with one attached hydrogen (secondary N) is 1. The standard InChI is InChI=1S/C19H22N4O2/c24-19(21-16-13-23(14-16)18-3-1-2-8-20-18)15-4-6-17(7-5-15)22-9-11-25-12-10-22/h1-8,16H,9-14H2,(H,21,24). The van der Waals surface area contributed by atoms with E-state index in [0.29, 0.717) is 5.56 Å². The monoisotopic (exact) mass is 338 g/mol. The lowest BCUT2D eigenvalue weighted by Gasteiger charge is -2.40. The van der Waals surface area contributed by atoms with E-state index in [1.807, 2.05) is 42.5 Å². The van der Waals surface area contributed by atoms with Gasteiger partial charge in [0.15, 0.2) is 0 Å². The number of carbonyl (C=O) groups excluding carboxylic acids is 1. The Hall–Kier alpha value is -2.60. The third kappa shape index (κ3) is 3.58. The molecule has 3 heterocycles. The van der Waals surface area contributed by atoms with E-state index < -0.39 is 0 Å². The first-order valence-corrected chi connectivity index (χ1v) is 8.69. The van der Waals surface area contributed by atoms with Crippen molar-refractivity contribution >= 4 is 17.4 Å². The molecule has 0 saturated carbocycles. The molecule has 6 heteroatoms. The second-order valence-electron chi connectivity index (χ2n) is 6.41. The molecule has 6 nitrogen and oxygen atoms in total. The molecule has 2 saturated heterocycles. The van der Waals surface area contributed by atoms with Crippen molar-refractivity contribution in [2.24, 2.45) is 0 Å². The molecule has 25 heavy (non-hydrogen) atoms. The molecule has 2 fully saturated rings. The number of anilines is 2. The predicted molar refractivity (Wildman–Crippen MR) is 97.2 cm³/mol. The molecule has 130 valence electrons. The first-order valence-electron chi connectivity index (χ1n) is 8.69. The van der Waals surface area contributed by atoms with Crippen LogP contribution in [0.4, 0.5) is 11.5 Å². The molecule has 0 unspecified atom stereocenters. The molecule has 4 rings (SSSR count). The van der Waals surface area contributed by atoms with Crippen molar-refractivity contribution in [3.63, 3.8) is 0 Å². The van der Waals surface area contributed by atoms with Crippen LogP contribution in [-0.2, 0) is 4.74 Å². The van der Waals surface area contributed by atoms with Crippen LogP contribution in [0.25, 0.3) is 0 Å². The lowest BCUT2D eigenvalue weighted by Crippen LogP contribution is -2.59. The number of amides is 1. The average Bonchev–Trinajstić information content (AvgIpc) is 2.66. The van der Waals surface area contributed by atoms with Crippen molar-refractivity contribution in [2.75, 3.05) is 49.2 Å². The Balaban J connectivity index is 1.30. The summed E-state index contributed by atoms with van der Waals surface area (Å²) in [6, 6.07) is 13.9. The molecular weight excluding hydrogens is 316 g/mol. The molecule has 1 aromatic heterocycles. The van der Waals surface area contributed by atoms with Gasteiger partial charge in [-0.2, -0.15) is 0 Å². The zero-order valence-electron chi connectivity index (χ0n) is 14.1. The van der Waals surface area contributed by atoms with Crippen LogP contribution in [0.15, 0.2) is 48.7 Å². The van der Waals surface area contributed by atoms with E-state index in [9.17, 15) is 4.79 Å². The van der Waals surface area contributed by atoms with Crippen LogP contribution >= 0.6 is 0 Å². The van der Waals surface area contributed by atoms with Crippen LogP contribution < -0.4 is 15.1 Å². The van der Waals surface area contributed by atoms with Gasteiger partial charge in [-0.15, -0.1) is 0 Å². The van der Waals surface area contributed by atoms with Crippen molar-refractivity contribution < 1.29 is 9.53 Å². The number of morpholine rings is 1. The molecule has 2 aliphatic heterocycles. The van der Waals surface area contributed by atoms with E-state index in [4.69, 9.17) is 4.74 Å². The van der Waals surface area contributed by atoms with Crippen LogP contribution in [0.5, 0.6) is 0 Å². The summed E-state index contributed by atoms with van der Waals surface area (Å²) < 4.78 is 5.37. The van der Waals surface area contributed by atoms with Gasteiger partial charge in [-0.1, -0.05) is 6.07 Å². The summed E-state index contributed by atoms with van der Waals surface area (Å²) in [5.74, 6) is 0.946. The number of pyridine rings is 1. The van der Waals surface area contributed by atoms with E-state index >= 15 is 0 Å². The summed E-state index contributed by atoms with van der Waals surface area (Å²) in [5.41, 5.74) is 1.85. The van der Waals surface area contributed by atoms with Crippen LogP contribution in [0.1, 0.15) is 10.4 Å². The fourth-order valence-corrected chi connectivity index (χ4v) is 3.21. The lowest BCUT2D eigenvalue weighted by atomic mass is 10.1. The van der Waals surface area contributed by atoms with Gasteiger partial charge in [0.1, 0.15) is 5.82 Å². The molecule has 1 N–H and O–H groups in total. The van der Waals surface area contributed by atoms with Gasteiger partial charge in [0.05, 0.1) is 19.3 Å². The normalized spacial score (nSPS) is 17.9. The van der Waals surface area contributed by atoms with E-state index in [2.05, 4.69) is 20.1 Å². The zero-order chi connectivity index (χ0) is 17.1. The van der Waals surface area contributed by atoms with E-state index in [-0.39, 0.29) is 11.9 Å². The summed E-state index contributed by atoms with van der Waals surface area (Å²) in [6.07, 6.45) is 1.79. The summed E-state index contributed by atoms with van der Waals surface area (Å²) in [6.45, 7) is 4.92. The quantitative estimate of drug-likeness (QED) is 0.916. The second-order valence-corrected chi connectivity index (χ2v) is 6.41. The van der Waals surface area contributed by atoms with Gasteiger partial charge in [-0.3, -0.25) is 4.79 Å². The number of rotatable bonds is 4. The molecule has 2 aliphatic rings. The minimum absolute atomic E-state index is 0.0146. The highest BCUT2D eigenvalue weighted by Crippen LogP contribution is 2.19. The molecule has 0 atom stereocenters. The summed E-state index contributed by atoms with van der Waals surface area (Å²) in [4.78, 5) is 21.2. The molecule has 1 aromatic carbocycles. The van der Waals surface area contributed by atoms with Gasteiger partial charge in [0, 0.05) is 43.6 Å². The Morgan fingerprint density at radius 3 is 2.48 bits per heavy atom. The highest BCUT2D eigenvalue weighted by Gasteiger charge is 2.29. The number of nitrogens with zero attached hydrogens (tertiary/aromatic N) is 3. The molecule has 0 radical (unpaired) electrons. The van der Waals surface area contributed by atoms with Gasteiger partial charge in [0.2, 0.25) is 0 Å². The average molecular weight is 338 g/mol. The Morgan fingerprint density at radius 1 is 1.04 bits per heavy atom. The largest absolute Gasteiger partial charge is 0.378 e. The van der Waals surface area contributed by atoms with E-state index in [1.165, 1.54) is 0 Å². The zero-order valence-corrected chi connectivity index (χ0v) is 14.1. The molecule has 2 aromatic rings. The van der Waals surface area contributed by atoms with Gasteiger partial charge < -0.3 is 19.9 Å². The third-order valence-electron chi connectivity index (χ3n) is 4.70. The lowest BCUT2D eigenvalue weighted by molar-refractivity contribution is 0.0930. The van der Waals surface area contributed by atoms with E-state index in [1.54, 1.807) is 6.20 Å². The highest BCUT2D eigenvalue weighted by molar-refractivity contribution is 5.95. The Kier molecular flexibility index (Phi) is 4.52. The number of benzene rings is 1. The van der Waals surface area contributed by atoms with Crippen LogP contribution in [0.3, 0.4) is 0 Å². The third-order valence-corrected chi connectivity index (χ3v) is 4.70. The predicted octanol–water partition coefficient (Wildman–Crippen LogP) is 1.54.